The first-order valence-electron chi connectivity index (χ1n) is 5.94. The molecule has 6 heteroatoms. The van der Waals surface area contributed by atoms with Crippen molar-refractivity contribution in [2.24, 2.45) is 11.7 Å². The topological polar surface area (TPSA) is 95.6 Å². The second kappa shape index (κ2) is 6.22. The van der Waals surface area contributed by atoms with Gasteiger partial charge >= 0.3 is 7.12 Å². The van der Waals surface area contributed by atoms with Gasteiger partial charge < -0.3 is 21.1 Å². The van der Waals surface area contributed by atoms with Crippen LogP contribution in [0.3, 0.4) is 0 Å². The van der Waals surface area contributed by atoms with Gasteiger partial charge in [0.05, 0.1) is 12.0 Å². The molecule has 0 radical (unpaired) electrons. The number of carbonyl (C=O) groups excluding carboxylic acids is 1. The van der Waals surface area contributed by atoms with Gasteiger partial charge in [-0.05, 0) is 25.7 Å². The number of nitrogens with one attached hydrogen (secondary N) is 1. The predicted molar refractivity (Wildman–Crippen MR) is 62.3 cm³/mol. The second-order valence-electron chi connectivity index (χ2n) is 4.63. The van der Waals surface area contributed by atoms with Crippen molar-refractivity contribution in [3.05, 3.63) is 0 Å². The molecule has 2 atom stereocenters. The largest absolute Gasteiger partial charge is 0.475 e. The summed E-state index contributed by atoms with van der Waals surface area (Å²) in [5.74, 6) is -0.730. The summed E-state index contributed by atoms with van der Waals surface area (Å²) >= 11 is 0. The fraction of sp³-hybridized carbons (Fsp3) is 0.900. The van der Waals surface area contributed by atoms with E-state index in [4.69, 9.17) is 15.8 Å². The highest BCUT2D eigenvalue weighted by Crippen LogP contribution is 2.25. The number of amides is 1. The molecule has 1 amide bonds. The van der Waals surface area contributed by atoms with Crippen LogP contribution in [-0.4, -0.2) is 35.1 Å². The van der Waals surface area contributed by atoms with E-state index < -0.39 is 19.1 Å². The summed E-state index contributed by atoms with van der Waals surface area (Å²) < 4.78 is 0. The van der Waals surface area contributed by atoms with Gasteiger partial charge in [-0.2, -0.15) is 0 Å². The fourth-order valence-corrected chi connectivity index (χ4v) is 2.10. The Balaban J connectivity index is 2.40. The van der Waals surface area contributed by atoms with Gasteiger partial charge in [0, 0.05) is 0 Å². The minimum atomic E-state index is -1.54. The highest BCUT2D eigenvalue weighted by Gasteiger charge is 2.28. The van der Waals surface area contributed by atoms with Crippen LogP contribution >= 0.6 is 0 Å². The fourth-order valence-electron chi connectivity index (χ4n) is 2.10. The zero-order valence-electron chi connectivity index (χ0n) is 9.72. The lowest BCUT2D eigenvalue weighted by Gasteiger charge is -2.27. The van der Waals surface area contributed by atoms with Crippen molar-refractivity contribution in [2.45, 2.75) is 51.0 Å². The molecule has 0 aliphatic heterocycles. The SMILES string of the molecule is CC(NC(=O)C(N)C1CCCCC1)B(O)O. The molecule has 1 saturated carbocycles. The van der Waals surface area contributed by atoms with E-state index in [1.165, 1.54) is 13.3 Å². The van der Waals surface area contributed by atoms with E-state index >= 15 is 0 Å². The molecule has 0 saturated heterocycles. The average molecular weight is 228 g/mol. The van der Waals surface area contributed by atoms with Crippen molar-refractivity contribution in [2.75, 3.05) is 0 Å². The molecule has 0 bridgehead atoms. The summed E-state index contributed by atoms with van der Waals surface area (Å²) in [6, 6.07) is -0.526. The zero-order valence-corrected chi connectivity index (χ0v) is 9.72. The van der Waals surface area contributed by atoms with Crippen molar-refractivity contribution >= 4 is 13.0 Å². The number of rotatable bonds is 4. The van der Waals surface area contributed by atoms with Crippen LogP contribution in [0.4, 0.5) is 0 Å². The first kappa shape index (κ1) is 13.5. The lowest BCUT2D eigenvalue weighted by atomic mass is 9.80. The standard InChI is InChI=1S/C10H21BN2O3/c1-7(11(15)16)13-10(14)9(12)8-5-3-2-4-6-8/h7-9,15-16H,2-6,12H2,1H3,(H,13,14). The maximum absolute atomic E-state index is 11.7. The van der Waals surface area contributed by atoms with E-state index in [-0.39, 0.29) is 11.8 Å². The smallest absolute Gasteiger partial charge is 0.426 e. The minimum absolute atomic E-state index is 0.233. The van der Waals surface area contributed by atoms with Crippen molar-refractivity contribution in [3.63, 3.8) is 0 Å². The first-order valence-corrected chi connectivity index (χ1v) is 5.94. The van der Waals surface area contributed by atoms with Crippen molar-refractivity contribution in [1.29, 1.82) is 0 Å². The van der Waals surface area contributed by atoms with E-state index in [0.717, 1.165) is 25.7 Å². The summed E-state index contributed by atoms with van der Waals surface area (Å²) in [6.45, 7) is 1.54. The van der Waals surface area contributed by atoms with Gasteiger partial charge in [-0.25, -0.2) is 0 Å². The third kappa shape index (κ3) is 3.77. The molecule has 0 aromatic rings. The van der Waals surface area contributed by atoms with Crippen LogP contribution < -0.4 is 11.1 Å². The molecule has 1 fully saturated rings. The minimum Gasteiger partial charge on any atom is -0.426 e. The van der Waals surface area contributed by atoms with Gasteiger partial charge in [-0.1, -0.05) is 19.3 Å². The number of hydrogen-bond acceptors (Lipinski definition) is 4. The first-order chi connectivity index (χ1) is 7.52. The van der Waals surface area contributed by atoms with Crippen LogP contribution in [0.5, 0.6) is 0 Å². The maximum Gasteiger partial charge on any atom is 0.475 e. The molecule has 0 aromatic carbocycles. The van der Waals surface area contributed by atoms with Gasteiger partial charge in [0.2, 0.25) is 5.91 Å². The summed E-state index contributed by atoms with van der Waals surface area (Å²) in [5.41, 5.74) is 5.87. The number of carbonyl (C=O) groups is 1. The van der Waals surface area contributed by atoms with Crippen molar-refractivity contribution in [1.82, 2.24) is 5.32 Å². The third-order valence-corrected chi connectivity index (χ3v) is 3.28. The van der Waals surface area contributed by atoms with Crippen LogP contribution in [0.2, 0.25) is 0 Å². The van der Waals surface area contributed by atoms with Gasteiger partial charge in [-0.3, -0.25) is 4.79 Å². The maximum atomic E-state index is 11.7. The summed E-state index contributed by atoms with van der Waals surface area (Å²) in [6.07, 6.45) is 5.46. The molecule has 16 heavy (non-hydrogen) atoms. The molecule has 92 valence electrons. The Morgan fingerprint density at radius 3 is 2.44 bits per heavy atom. The highest BCUT2D eigenvalue weighted by atomic mass is 16.4. The van der Waals surface area contributed by atoms with Gasteiger partial charge in [0.1, 0.15) is 0 Å². The van der Waals surface area contributed by atoms with Crippen LogP contribution in [0.1, 0.15) is 39.0 Å². The predicted octanol–water partition coefficient (Wildman–Crippen LogP) is -0.589. The molecular weight excluding hydrogens is 207 g/mol. The van der Waals surface area contributed by atoms with Crippen LogP contribution in [0.25, 0.3) is 0 Å². The Hall–Kier alpha value is -0.585. The lowest BCUT2D eigenvalue weighted by molar-refractivity contribution is -0.124. The second-order valence-corrected chi connectivity index (χ2v) is 4.63. The van der Waals surface area contributed by atoms with E-state index in [9.17, 15) is 4.79 Å². The van der Waals surface area contributed by atoms with E-state index in [1.807, 2.05) is 0 Å². The molecular formula is C10H21BN2O3. The summed E-state index contributed by atoms with van der Waals surface area (Å²) in [5, 5.41) is 20.2. The Labute approximate surface area is 96.6 Å². The lowest BCUT2D eigenvalue weighted by Crippen LogP contribution is -2.52. The van der Waals surface area contributed by atoms with Gasteiger partial charge in [-0.15, -0.1) is 0 Å². The average Bonchev–Trinajstić information content (AvgIpc) is 2.28. The van der Waals surface area contributed by atoms with Crippen LogP contribution in [-0.2, 0) is 4.79 Å². The van der Waals surface area contributed by atoms with Gasteiger partial charge in [0.25, 0.3) is 0 Å². The van der Waals surface area contributed by atoms with Crippen molar-refractivity contribution in [3.8, 4) is 0 Å². The Morgan fingerprint density at radius 2 is 1.94 bits per heavy atom. The zero-order chi connectivity index (χ0) is 12.1. The molecule has 0 aromatic heterocycles. The Kier molecular flexibility index (Phi) is 5.24. The van der Waals surface area contributed by atoms with Crippen LogP contribution in [0, 0.1) is 5.92 Å². The van der Waals surface area contributed by atoms with Crippen LogP contribution in [0.15, 0.2) is 0 Å². The van der Waals surface area contributed by atoms with Gasteiger partial charge in [0.15, 0.2) is 0 Å². The Morgan fingerprint density at radius 1 is 1.38 bits per heavy atom. The summed E-state index contributed by atoms with van der Waals surface area (Å²) in [4.78, 5) is 11.7. The number of hydrogen-bond donors (Lipinski definition) is 4. The monoisotopic (exact) mass is 228 g/mol. The van der Waals surface area contributed by atoms with E-state index in [1.54, 1.807) is 0 Å². The molecule has 5 nitrogen and oxygen atoms in total. The molecule has 1 aliphatic rings. The molecule has 2 unspecified atom stereocenters. The van der Waals surface area contributed by atoms with E-state index in [0.29, 0.717) is 0 Å². The Bertz CT molecular complexity index is 232. The number of nitrogens with two attached hydrogens (primary N) is 1. The van der Waals surface area contributed by atoms with E-state index in [2.05, 4.69) is 5.32 Å². The normalized spacial score (nSPS) is 21.2. The molecule has 0 spiro atoms. The molecule has 1 rings (SSSR count). The quantitative estimate of drug-likeness (QED) is 0.483. The molecule has 1 aliphatic carbocycles. The highest BCUT2D eigenvalue weighted by molar-refractivity contribution is 6.43. The van der Waals surface area contributed by atoms with Crippen molar-refractivity contribution < 1.29 is 14.8 Å². The summed E-state index contributed by atoms with van der Waals surface area (Å²) in [7, 11) is -1.54. The third-order valence-electron chi connectivity index (χ3n) is 3.28. The molecule has 5 N–H and O–H groups in total. The molecule has 0 heterocycles.